The van der Waals surface area contributed by atoms with Crippen molar-refractivity contribution in [3.8, 4) is 0 Å². The summed E-state index contributed by atoms with van der Waals surface area (Å²) in [7, 11) is 0. The molecule has 0 radical (unpaired) electrons. The van der Waals surface area contributed by atoms with Gasteiger partial charge in [-0.05, 0) is 52.7 Å². The molecule has 2 rings (SSSR count). The van der Waals surface area contributed by atoms with Crippen LogP contribution in [0.25, 0.3) is 0 Å². The number of amides is 1. The molecule has 0 aliphatic heterocycles. The Bertz CT molecular complexity index is 731. The van der Waals surface area contributed by atoms with Crippen molar-refractivity contribution in [1.29, 1.82) is 0 Å². The van der Waals surface area contributed by atoms with Crippen LogP contribution in [0.2, 0.25) is 0 Å². The van der Waals surface area contributed by atoms with Crippen LogP contribution in [0.4, 0.5) is 17.1 Å². The standard InChI is InChI=1S/C14H12BrN3O3/c1-8-2-5-13(18(20)21)12(6-8)17-14(19)10-7-9(16)3-4-11(10)15/h2-7H,16H2,1H3,(H,17,19). The number of nitrogens with two attached hydrogens (primary N) is 1. The number of carbonyl (C=O) groups excluding carboxylic acids is 1. The van der Waals surface area contributed by atoms with Gasteiger partial charge >= 0.3 is 0 Å². The average Bonchev–Trinajstić information content (AvgIpc) is 2.41. The predicted octanol–water partition coefficient (Wildman–Crippen LogP) is 3.50. The summed E-state index contributed by atoms with van der Waals surface area (Å²) < 4.78 is 0.560. The number of nitro groups is 1. The Morgan fingerprint density at radius 2 is 2.00 bits per heavy atom. The summed E-state index contributed by atoms with van der Waals surface area (Å²) >= 11 is 3.26. The second kappa shape index (κ2) is 5.92. The molecule has 108 valence electrons. The maximum Gasteiger partial charge on any atom is 0.292 e. The number of carbonyl (C=O) groups is 1. The second-order valence-corrected chi connectivity index (χ2v) is 5.33. The van der Waals surface area contributed by atoms with Crippen molar-refractivity contribution >= 4 is 38.9 Å². The van der Waals surface area contributed by atoms with Gasteiger partial charge in [-0.3, -0.25) is 14.9 Å². The van der Waals surface area contributed by atoms with E-state index in [2.05, 4.69) is 21.2 Å². The number of halogens is 1. The van der Waals surface area contributed by atoms with E-state index in [1.165, 1.54) is 12.1 Å². The van der Waals surface area contributed by atoms with Gasteiger partial charge in [0, 0.05) is 16.2 Å². The lowest BCUT2D eigenvalue weighted by Gasteiger charge is -2.09. The van der Waals surface area contributed by atoms with Crippen LogP contribution in [0.15, 0.2) is 40.9 Å². The highest BCUT2D eigenvalue weighted by atomic mass is 79.9. The minimum atomic E-state index is -0.538. The Morgan fingerprint density at radius 3 is 2.67 bits per heavy atom. The van der Waals surface area contributed by atoms with Crippen LogP contribution >= 0.6 is 15.9 Å². The third-order valence-electron chi connectivity index (χ3n) is 2.83. The molecule has 0 bridgehead atoms. The maximum atomic E-state index is 12.3. The Kier molecular flexibility index (Phi) is 4.23. The number of rotatable bonds is 3. The van der Waals surface area contributed by atoms with Gasteiger partial charge in [0.1, 0.15) is 5.69 Å². The van der Waals surface area contributed by atoms with Gasteiger partial charge in [-0.15, -0.1) is 0 Å². The lowest BCUT2D eigenvalue weighted by Crippen LogP contribution is -2.14. The molecule has 0 aromatic heterocycles. The smallest absolute Gasteiger partial charge is 0.292 e. The van der Waals surface area contributed by atoms with Crippen LogP contribution in [-0.4, -0.2) is 10.8 Å². The zero-order valence-electron chi connectivity index (χ0n) is 11.1. The molecule has 21 heavy (non-hydrogen) atoms. The fourth-order valence-corrected chi connectivity index (χ4v) is 2.24. The molecule has 0 aliphatic carbocycles. The Morgan fingerprint density at radius 1 is 1.29 bits per heavy atom. The number of nitro benzene ring substituents is 1. The van der Waals surface area contributed by atoms with Gasteiger partial charge in [-0.2, -0.15) is 0 Å². The summed E-state index contributed by atoms with van der Waals surface area (Å²) in [6.07, 6.45) is 0. The Balaban J connectivity index is 2.38. The zero-order chi connectivity index (χ0) is 15.6. The van der Waals surface area contributed by atoms with E-state index in [0.29, 0.717) is 15.7 Å². The Hall–Kier alpha value is -2.41. The van der Waals surface area contributed by atoms with E-state index in [9.17, 15) is 14.9 Å². The number of hydrogen-bond donors (Lipinski definition) is 2. The van der Waals surface area contributed by atoms with Gasteiger partial charge in [0.05, 0.1) is 10.5 Å². The number of benzene rings is 2. The van der Waals surface area contributed by atoms with Crippen LogP contribution < -0.4 is 11.1 Å². The number of anilines is 2. The van der Waals surface area contributed by atoms with Gasteiger partial charge in [0.15, 0.2) is 0 Å². The first-order chi connectivity index (χ1) is 9.88. The third-order valence-corrected chi connectivity index (χ3v) is 3.52. The van der Waals surface area contributed by atoms with E-state index in [4.69, 9.17) is 5.73 Å². The summed E-state index contributed by atoms with van der Waals surface area (Å²) in [6.45, 7) is 1.79. The van der Waals surface area contributed by atoms with E-state index in [-0.39, 0.29) is 11.4 Å². The zero-order valence-corrected chi connectivity index (χ0v) is 12.7. The van der Waals surface area contributed by atoms with Gasteiger partial charge in [-0.1, -0.05) is 6.07 Å². The summed E-state index contributed by atoms with van der Waals surface area (Å²) in [5.74, 6) is -0.470. The highest BCUT2D eigenvalue weighted by molar-refractivity contribution is 9.10. The molecule has 2 aromatic rings. The number of nitrogen functional groups attached to an aromatic ring is 1. The highest BCUT2D eigenvalue weighted by Gasteiger charge is 2.18. The van der Waals surface area contributed by atoms with Crippen molar-refractivity contribution in [1.82, 2.24) is 0 Å². The highest BCUT2D eigenvalue weighted by Crippen LogP contribution is 2.27. The summed E-state index contributed by atoms with van der Waals surface area (Å²) in [4.78, 5) is 22.7. The van der Waals surface area contributed by atoms with Gasteiger partial charge < -0.3 is 11.1 Å². The summed E-state index contributed by atoms with van der Waals surface area (Å²) in [6, 6.07) is 9.33. The van der Waals surface area contributed by atoms with Gasteiger partial charge in [0.2, 0.25) is 0 Å². The second-order valence-electron chi connectivity index (χ2n) is 4.47. The predicted molar refractivity (Wildman–Crippen MR) is 84.3 cm³/mol. The quantitative estimate of drug-likeness (QED) is 0.503. The van der Waals surface area contributed by atoms with Crippen molar-refractivity contribution in [2.45, 2.75) is 6.92 Å². The van der Waals surface area contributed by atoms with Crippen LogP contribution in [0.5, 0.6) is 0 Å². The van der Waals surface area contributed by atoms with Crippen molar-refractivity contribution in [2.24, 2.45) is 0 Å². The minimum absolute atomic E-state index is 0.152. The number of nitrogens with zero attached hydrogens (tertiary/aromatic N) is 1. The molecule has 0 spiro atoms. The Labute approximate surface area is 129 Å². The lowest BCUT2D eigenvalue weighted by molar-refractivity contribution is -0.383. The largest absolute Gasteiger partial charge is 0.399 e. The van der Waals surface area contributed by atoms with E-state index < -0.39 is 10.8 Å². The van der Waals surface area contributed by atoms with Crippen molar-refractivity contribution < 1.29 is 9.72 Å². The van der Waals surface area contributed by atoms with Crippen molar-refractivity contribution in [3.63, 3.8) is 0 Å². The molecule has 0 saturated carbocycles. The van der Waals surface area contributed by atoms with Gasteiger partial charge in [-0.25, -0.2) is 0 Å². The van der Waals surface area contributed by atoms with Crippen LogP contribution in [-0.2, 0) is 0 Å². The summed E-state index contributed by atoms with van der Waals surface area (Å²) in [5, 5.41) is 13.5. The fraction of sp³-hybridized carbons (Fsp3) is 0.0714. The number of aryl methyl sites for hydroxylation is 1. The average molecular weight is 350 g/mol. The van der Waals surface area contributed by atoms with Crippen LogP contribution in [0, 0.1) is 17.0 Å². The third kappa shape index (κ3) is 3.38. The molecular weight excluding hydrogens is 338 g/mol. The molecule has 0 saturated heterocycles. The first kappa shape index (κ1) is 15.0. The summed E-state index contributed by atoms with van der Waals surface area (Å²) in [5.41, 5.74) is 7.20. The topological polar surface area (TPSA) is 98.3 Å². The molecule has 0 heterocycles. The van der Waals surface area contributed by atoms with E-state index in [0.717, 1.165) is 5.56 Å². The fourth-order valence-electron chi connectivity index (χ4n) is 1.82. The lowest BCUT2D eigenvalue weighted by atomic mass is 10.1. The maximum absolute atomic E-state index is 12.3. The first-order valence-corrected chi connectivity index (χ1v) is 6.79. The number of nitrogens with one attached hydrogen (secondary N) is 1. The molecule has 6 nitrogen and oxygen atoms in total. The normalized spacial score (nSPS) is 10.2. The molecular formula is C14H12BrN3O3. The van der Waals surface area contributed by atoms with Crippen LogP contribution in [0.3, 0.4) is 0 Å². The molecule has 7 heteroatoms. The number of hydrogen-bond acceptors (Lipinski definition) is 4. The van der Waals surface area contributed by atoms with E-state index in [1.807, 2.05) is 0 Å². The minimum Gasteiger partial charge on any atom is -0.399 e. The molecule has 1 amide bonds. The molecule has 0 unspecified atom stereocenters. The molecule has 0 aliphatic rings. The first-order valence-electron chi connectivity index (χ1n) is 6.00. The SMILES string of the molecule is Cc1ccc([N+](=O)[O-])c(NC(=O)c2cc(N)ccc2Br)c1. The molecule has 3 N–H and O–H groups in total. The van der Waals surface area contributed by atoms with Crippen molar-refractivity contribution in [2.75, 3.05) is 11.1 Å². The van der Waals surface area contributed by atoms with E-state index in [1.54, 1.807) is 31.2 Å². The van der Waals surface area contributed by atoms with Crippen LogP contribution in [0.1, 0.15) is 15.9 Å². The van der Waals surface area contributed by atoms with Gasteiger partial charge in [0.25, 0.3) is 11.6 Å². The molecule has 0 atom stereocenters. The van der Waals surface area contributed by atoms with Crippen molar-refractivity contribution in [3.05, 3.63) is 62.1 Å². The molecule has 2 aromatic carbocycles. The molecule has 0 fully saturated rings. The monoisotopic (exact) mass is 349 g/mol. The van der Waals surface area contributed by atoms with E-state index >= 15 is 0 Å².